The van der Waals surface area contributed by atoms with Crippen LogP contribution in [0.4, 0.5) is 0 Å². The van der Waals surface area contributed by atoms with Crippen LogP contribution in [-0.4, -0.2) is 20.4 Å². The lowest BCUT2D eigenvalue weighted by Crippen LogP contribution is -2.01. The molecule has 0 aliphatic rings. The van der Waals surface area contributed by atoms with Crippen LogP contribution in [-0.2, 0) is 6.42 Å². The molecule has 1 aromatic rings. The highest BCUT2D eigenvalue weighted by Gasteiger charge is 2.11. The number of aromatic nitrogens is 2. The number of rotatable bonds is 4. The van der Waals surface area contributed by atoms with Gasteiger partial charge in [-0.25, -0.2) is 4.98 Å². The summed E-state index contributed by atoms with van der Waals surface area (Å²) in [5, 5.41) is 10.7. The van der Waals surface area contributed by atoms with Gasteiger partial charge in [-0.05, 0) is 6.42 Å². The van der Waals surface area contributed by atoms with Crippen LogP contribution in [0.15, 0.2) is 6.33 Å². The van der Waals surface area contributed by atoms with E-state index in [0.717, 1.165) is 18.5 Å². The van der Waals surface area contributed by atoms with Crippen molar-refractivity contribution in [2.45, 2.75) is 25.9 Å². The lowest BCUT2D eigenvalue weighted by molar-refractivity contribution is 0.249. The van der Waals surface area contributed by atoms with E-state index in [4.69, 9.17) is 0 Å². The first-order valence-corrected chi connectivity index (χ1v) is 4.42. The van der Waals surface area contributed by atoms with Gasteiger partial charge in [0.1, 0.15) is 6.10 Å². The van der Waals surface area contributed by atoms with Crippen molar-refractivity contribution in [2.24, 2.45) is 0 Å². The molecule has 0 bridgehead atoms. The summed E-state index contributed by atoms with van der Waals surface area (Å²) in [4.78, 5) is 6.99. The highest BCUT2D eigenvalue weighted by Crippen LogP contribution is 2.13. The second-order valence-corrected chi connectivity index (χ2v) is 2.87. The highest BCUT2D eigenvalue weighted by atomic mass is 32.1. The van der Waals surface area contributed by atoms with E-state index in [2.05, 4.69) is 29.1 Å². The Hall–Kier alpha value is -0.740. The van der Waals surface area contributed by atoms with E-state index >= 15 is 0 Å². The lowest BCUT2D eigenvalue weighted by atomic mass is 10.1. The van der Waals surface area contributed by atoms with Gasteiger partial charge in [-0.2, -0.15) is 0 Å². The number of thiocarbonyl (C=S) groups is 1. The molecule has 1 heterocycles. The summed E-state index contributed by atoms with van der Waals surface area (Å²) in [5.41, 5.74) is 1.64. The molecule has 0 spiro atoms. The van der Waals surface area contributed by atoms with E-state index in [0.29, 0.717) is 5.69 Å². The fourth-order valence-electron chi connectivity index (χ4n) is 1.10. The van der Waals surface area contributed by atoms with Crippen molar-refractivity contribution in [3.63, 3.8) is 0 Å². The van der Waals surface area contributed by atoms with Crippen molar-refractivity contribution in [1.29, 1.82) is 0 Å². The Balaban J connectivity index is 2.82. The number of aliphatic hydroxyl groups is 1. The summed E-state index contributed by atoms with van der Waals surface area (Å²) in [6.45, 7) is 2.08. The number of nitrogens with one attached hydrogen (secondary N) is 1. The van der Waals surface area contributed by atoms with Gasteiger partial charge in [-0.3, -0.25) is 0 Å². The maximum absolute atomic E-state index is 9.38. The van der Waals surface area contributed by atoms with Crippen LogP contribution < -0.4 is 0 Å². The summed E-state index contributed by atoms with van der Waals surface area (Å²) in [5.74, 6) is 0. The predicted molar refractivity (Wildman–Crippen MR) is 51.2 cm³/mol. The van der Waals surface area contributed by atoms with Gasteiger partial charge >= 0.3 is 0 Å². The third-order valence-electron chi connectivity index (χ3n) is 1.66. The van der Waals surface area contributed by atoms with Crippen LogP contribution in [0.25, 0.3) is 0 Å². The van der Waals surface area contributed by atoms with Crippen LogP contribution in [0.5, 0.6) is 0 Å². The molecule has 1 aromatic heterocycles. The second kappa shape index (κ2) is 4.33. The Kier molecular flexibility index (Phi) is 3.37. The Morgan fingerprint density at radius 1 is 1.83 bits per heavy atom. The molecule has 1 unspecified atom stereocenters. The van der Waals surface area contributed by atoms with E-state index < -0.39 is 6.10 Å². The van der Waals surface area contributed by atoms with Gasteiger partial charge in [0.25, 0.3) is 0 Å². The molecule has 0 amide bonds. The quantitative estimate of drug-likeness (QED) is 0.695. The maximum atomic E-state index is 9.38. The van der Waals surface area contributed by atoms with Gasteiger partial charge in [0.05, 0.1) is 12.0 Å². The maximum Gasteiger partial charge on any atom is 0.126 e. The number of hydrogen-bond acceptors (Lipinski definition) is 3. The summed E-state index contributed by atoms with van der Waals surface area (Å²) in [6, 6.07) is 0. The van der Waals surface area contributed by atoms with Crippen molar-refractivity contribution in [2.75, 3.05) is 0 Å². The first-order chi connectivity index (χ1) is 5.79. The summed E-state index contributed by atoms with van der Waals surface area (Å²) >= 11 is 4.64. The van der Waals surface area contributed by atoms with Crippen molar-refractivity contribution in [1.82, 2.24) is 9.97 Å². The monoisotopic (exact) mass is 184 g/mol. The Morgan fingerprint density at radius 3 is 3.17 bits per heavy atom. The van der Waals surface area contributed by atoms with Gasteiger partial charge in [-0.1, -0.05) is 25.6 Å². The van der Waals surface area contributed by atoms with Crippen molar-refractivity contribution < 1.29 is 5.11 Å². The Bertz CT molecular complexity index is 259. The lowest BCUT2D eigenvalue weighted by Gasteiger charge is -2.02. The van der Waals surface area contributed by atoms with E-state index in [-0.39, 0.29) is 0 Å². The van der Waals surface area contributed by atoms with Crippen LogP contribution in [0.1, 0.15) is 30.8 Å². The van der Waals surface area contributed by atoms with Crippen LogP contribution in [0.2, 0.25) is 0 Å². The van der Waals surface area contributed by atoms with Crippen LogP contribution >= 0.6 is 12.2 Å². The molecule has 0 saturated heterocycles. The molecule has 0 radical (unpaired) electrons. The SMILES string of the molecule is CCCc1[nH]cnc1C(O)C=S. The first kappa shape index (κ1) is 9.35. The highest BCUT2D eigenvalue weighted by molar-refractivity contribution is 7.79. The van der Waals surface area contributed by atoms with Crippen LogP contribution in [0.3, 0.4) is 0 Å². The van der Waals surface area contributed by atoms with E-state index in [1.165, 1.54) is 5.37 Å². The Morgan fingerprint density at radius 2 is 2.58 bits per heavy atom. The standard InChI is InChI=1S/C8H12N2OS/c1-2-3-6-8(7(11)4-12)10-5-9-6/h4-5,7,11H,2-3H2,1H3,(H,9,10). The topological polar surface area (TPSA) is 48.9 Å². The normalized spacial score (nSPS) is 12.8. The molecule has 0 saturated carbocycles. The summed E-state index contributed by atoms with van der Waals surface area (Å²) in [6.07, 6.45) is 2.80. The average Bonchev–Trinajstić information content (AvgIpc) is 2.52. The third-order valence-corrected chi connectivity index (χ3v) is 1.92. The molecule has 4 heteroatoms. The minimum atomic E-state index is -0.715. The Labute approximate surface area is 76.8 Å². The minimum Gasteiger partial charge on any atom is -0.382 e. The fourth-order valence-corrected chi connectivity index (χ4v) is 1.23. The molecular weight excluding hydrogens is 172 g/mol. The number of H-pyrrole nitrogens is 1. The molecule has 0 aromatic carbocycles. The molecule has 0 aliphatic heterocycles. The number of aliphatic hydroxyl groups excluding tert-OH is 1. The van der Waals surface area contributed by atoms with Crippen LogP contribution in [0, 0.1) is 0 Å². The fraction of sp³-hybridized carbons (Fsp3) is 0.500. The molecule has 0 fully saturated rings. The van der Waals surface area contributed by atoms with Crippen molar-refractivity contribution in [3.8, 4) is 0 Å². The van der Waals surface area contributed by atoms with E-state index in [1.54, 1.807) is 6.33 Å². The minimum absolute atomic E-state index is 0.659. The predicted octanol–water partition coefficient (Wildman–Crippen LogP) is 1.40. The smallest absolute Gasteiger partial charge is 0.126 e. The zero-order valence-corrected chi connectivity index (χ0v) is 7.77. The zero-order valence-electron chi connectivity index (χ0n) is 6.95. The summed E-state index contributed by atoms with van der Waals surface area (Å²) in [7, 11) is 0. The average molecular weight is 184 g/mol. The van der Waals surface area contributed by atoms with Gasteiger partial charge in [0, 0.05) is 11.1 Å². The molecule has 3 nitrogen and oxygen atoms in total. The van der Waals surface area contributed by atoms with Gasteiger partial charge in [0.2, 0.25) is 0 Å². The number of aromatic amines is 1. The summed E-state index contributed by atoms with van der Waals surface area (Å²) < 4.78 is 0. The van der Waals surface area contributed by atoms with E-state index in [1.807, 2.05) is 0 Å². The molecule has 12 heavy (non-hydrogen) atoms. The zero-order chi connectivity index (χ0) is 8.97. The molecule has 1 atom stereocenters. The number of imidazole rings is 1. The molecule has 66 valence electrons. The second-order valence-electron chi connectivity index (χ2n) is 2.60. The molecule has 2 N–H and O–H groups in total. The number of nitrogens with zero attached hydrogens (tertiary/aromatic N) is 1. The van der Waals surface area contributed by atoms with Gasteiger partial charge in [-0.15, -0.1) is 0 Å². The van der Waals surface area contributed by atoms with E-state index in [9.17, 15) is 5.11 Å². The molecule has 1 rings (SSSR count). The van der Waals surface area contributed by atoms with Crippen molar-refractivity contribution >= 4 is 17.6 Å². The molecular formula is C8H12N2OS. The van der Waals surface area contributed by atoms with Gasteiger partial charge < -0.3 is 10.1 Å². The first-order valence-electron chi connectivity index (χ1n) is 3.95. The third kappa shape index (κ3) is 1.89. The number of aryl methyl sites for hydroxylation is 1. The van der Waals surface area contributed by atoms with Gasteiger partial charge in [0.15, 0.2) is 0 Å². The number of hydrogen-bond donors (Lipinski definition) is 2. The molecule has 0 aliphatic carbocycles. The largest absolute Gasteiger partial charge is 0.382 e. The van der Waals surface area contributed by atoms with Crippen molar-refractivity contribution in [3.05, 3.63) is 17.7 Å².